The Balaban J connectivity index is 1.09. The van der Waals surface area contributed by atoms with E-state index in [1.54, 1.807) is 11.7 Å². The Morgan fingerprint density at radius 3 is 2.42 bits per heavy atom. The molecule has 0 saturated carbocycles. The van der Waals surface area contributed by atoms with E-state index in [0.29, 0.717) is 55.3 Å². The molecule has 10 nitrogen and oxygen atoms in total. The summed E-state index contributed by atoms with van der Waals surface area (Å²) in [5.74, 6) is 0. The SMILES string of the molecule is Cn1nc2c(=O)n(CC3(O)CCN(Cc4ccc(-c5ccsc5Cl)cc4Cl)CC3)cnc2c1-c1ccc(CNC(=O)OC(C)(C)C)cc1. The highest BCUT2D eigenvalue weighted by Gasteiger charge is 2.34. The van der Waals surface area contributed by atoms with Crippen LogP contribution in [0.2, 0.25) is 9.36 Å². The number of likely N-dealkylation sites (tertiary alicyclic amines) is 1. The van der Waals surface area contributed by atoms with E-state index < -0.39 is 17.3 Å². The number of hydrogen-bond acceptors (Lipinski definition) is 8. The predicted octanol–water partition coefficient (Wildman–Crippen LogP) is 6.88. The lowest BCUT2D eigenvalue weighted by atomic mass is 9.91. The predicted molar refractivity (Wildman–Crippen MR) is 191 cm³/mol. The summed E-state index contributed by atoms with van der Waals surface area (Å²) in [6.07, 6.45) is 2.02. The first-order chi connectivity index (χ1) is 22.8. The third-order valence-corrected chi connectivity index (χ3v) is 10.0. The maximum absolute atomic E-state index is 13.6. The van der Waals surface area contributed by atoms with Crippen molar-refractivity contribution in [3.63, 3.8) is 0 Å². The molecule has 3 aromatic heterocycles. The highest BCUT2D eigenvalue weighted by molar-refractivity contribution is 7.15. The lowest BCUT2D eigenvalue weighted by molar-refractivity contribution is -0.0364. The zero-order chi connectivity index (χ0) is 34.2. The van der Waals surface area contributed by atoms with Gasteiger partial charge in [0, 0.05) is 49.4 Å². The summed E-state index contributed by atoms with van der Waals surface area (Å²) >= 11 is 14.5. The molecule has 0 spiro atoms. The number of hydrogen-bond donors (Lipinski definition) is 2. The minimum absolute atomic E-state index is 0.130. The second-order valence-electron chi connectivity index (χ2n) is 13.3. The van der Waals surface area contributed by atoms with Gasteiger partial charge in [-0.15, -0.1) is 11.3 Å². The fourth-order valence-electron chi connectivity index (χ4n) is 5.99. The smallest absolute Gasteiger partial charge is 0.407 e. The van der Waals surface area contributed by atoms with Crippen LogP contribution in [0, 0.1) is 0 Å². The number of rotatable bonds is 8. The van der Waals surface area contributed by atoms with E-state index in [4.69, 9.17) is 27.9 Å². The number of ether oxygens (including phenoxy) is 1. The second kappa shape index (κ2) is 13.6. The van der Waals surface area contributed by atoms with Crippen molar-refractivity contribution < 1.29 is 14.6 Å². The molecule has 252 valence electrons. The number of fused-ring (bicyclic) bond motifs is 1. The number of nitrogens with zero attached hydrogens (tertiary/aromatic N) is 5. The Labute approximate surface area is 292 Å². The second-order valence-corrected chi connectivity index (χ2v) is 15.2. The van der Waals surface area contributed by atoms with Crippen molar-refractivity contribution in [1.82, 2.24) is 29.5 Å². The molecule has 5 aromatic rings. The van der Waals surface area contributed by atoms with Crippen LogP contribution >= 0.6 is 34.5 Å². The molecule has 4 heterocycles. The molecule has 1 saturated heterocycles. The molecule has 2 N–H and O–H groups in total. The number of alkyl carbamates (subject to hydrolysis) is 1. The zero-order valence-corrected chi connectivity index (χ0v) is 29.6. The average Bonchev–Trinajstić information content (AvgIpc) is 3.61. The summed E-state index contributed by atoms with van der Waals surface area (Å²) in [5.41, 5.74) is 4.22. The van der Waals surface area contributed by atoms with Gasteiger partial charge < -0.3 is 15.2 Å². The van der Waals surface area contributed by atoms with Crippen molar-refractivity contribution >= 4 is 51.7 Å². The highest BCUT2D eigenvalue weighted by Crippen LogP contribution is 2.35. The number of aryl methyl sites for hydroxylation is 1. The molecule has 1 fully saturated rings. The first-order valence-electron chi connectivity index (χ1n) is 15.7. The number of piperidine rings is 1. The molecule has 1 aliphatic rings. The summed E-state index contributed by atoms with van der Waals surface area (Å²) in [6, 6.07) is 15.6. The van der Waals surface area contributed by atoms with E-state index in [0.717, 1.165) is 32.2 Å². The molecule has 1 aliphatic heterocycles. The Kier molecular flexibility index (Phi) is 9.70. The normalized spacial score (nSPS) is 15.1. The van der Waals surface area contributed by atoms with Gasteiger partial charge >= 0.3 is 6.09 Å². The van der Waals surface area contributed by atoms with Gasteiger partial charge in [0.15, 0.2) is 5.52 Å². The van der Waals surface area contributed by atoms with Crippen LogP contribution in [0.15, 0.2) is 65.0 Å². The Bertz CT molecular complexity index is 2010. The van der Waals surface area contributed by atoms with Crippen molar-refractivity contribution in [1.29, 1.82) is 0 Å². The van der Waals surface area contributed by atoms with Crippen LogP contribution in [-0.2, 0) is 31.4 Å². The van der Waals surface area contributed by atoms with Crippen molar-refractivity contribution in [3.8, 4) is 22.4 Å². The minimum atomic E-state index is -1.06. The van der Waals surface area contributed by atoms with Crippen LogP contribution in [-0.4, -0.2) is 59.7 Å². The molecule has 0 aliphatic carbocycles. The molecule has 1 amide bonds. The van der Waals surface area contributed by atoms with Crippen LogP contribution in [0.5, 0.6) is 0 Å². The van der Waals surface area contributed by atoms with E-state index in [2.05, 4.69) is 20.3 Å². The molecule has 6 rings (SSSR count). The van der Waals surface area contributed by atoms with Crippen molar-refractivity contribution in [2.45, 2.75) is 64.4 Å². The third-order valence-electron chi connectivity index (χ3n) is 8.50. The molecular formula is C35H38Cl2N6O4S. The van der Waals surface area contributed by atoms with E-state index >= 15 is 0 Å². The highest BCUT2D eigenvalue weighted by atomic mass is 35.5. The number of halogens is 2. The summed E-state index contributed by atoms with van der Waals surface area (Å²) < 4.78 is 9.15. The number of thiophene rings is 1. The first kappa shape index (κ1) is 34.1. The largest absolute Gasteiger partial charge is 0.444 e. The van der Waals surface area contributed by atoms with E-state index in [9.17, 15) is 14.7 Å². The first-order valence-corrected chi connectivity index (χ1v) is 17.4. The average molecular weight is 710 g/mol. The molecule has 2 aromatic carbocycles. The Hall–Kier alpha value is -3.74. The molecule has 13 heteroatoms. The maximum Gasteiger partial charge on any atom is 0.407 e. The van der Waals surface area contributed by atoms with Gasteiger partial charge in [-0.2, -0.15) is 5.10 Å². The maximum atomic E-state index is 13.6. The number of amides is 1. The number of carbonyl (C=O) groups is 1. The monoisotopic (exact) mass is 708 g/mol. The number of aliphatic hydroxyl groups is 1. The van der Waals surface area contributed by atoms with Gasteiger partial charge in [0.05, 0.1) is 24.2 Å². The summed E-state index contributed by atoms with van der Waals surface area (Å²) in [5, 5.41) is 21.4. The number of aromatic nitrogens is 4. The molecule has 0 unspecified atom stereocenters. The number of benzene rings is 2. The lowest BCUT2D eigenvalue weighted by Gasteiger charge is -2.38. The fourth-order valence-corrected chi connectivity index (χ4v) is 7.19. The topological polar surface area (TPSA) is 115 Å². The van der Waals surface area contributed by atoms with E-state index in [1.807, 2.05) is 74.7 Å². The molecule has 0 bridgehead atoms. The molecule has 0 radical (unpaired) electrons. The van der Waals surface area contributed by atoms with Gasteiger partial charge in [0.1, 0.15) is 15.5 Å². The van der Waals surface area contributed by atoms with Gasteiger partial charge in [-0.3, -0.25) is 18.9 Å². The van der Waals surface area contributed by atoms with Gasteiger partial charge in [-0.05, 0) is 67.8 Å². The lowest BCUT2D eigenvalue weighted by Crippen LogP contribution is -2.47. The van der Waals surface area contributed by atoms with Crippen LogP contribution in [0.25, 0.3) is 33.4 Å². The summed E-state index contributed by atoms with van der Waals surface area (Å²) in [4.78, 5) is 32.5. The van der Waals surface area contributed by atoms with Gasteiger partial charge in [-0.25, -0.2) is 9.78 Å². The van der Waals surface area contributed by atoms with Crippen LogP contribution < -0.4 is 10.9 Å². The number of carbonyl (C=O) groups excluding carboxylic acids is 1. The standard InChI is InChI=1S/C35H38Cl2N6O4S/c1-34(2,3)47-33(45)38-18-22-5-7-23(8-6-22)30-28-29(40-41(30)4)32(44)43(21-39-28)20-35(46)12-14-42(15-13-35)19-25-10-9-24(17-27(25)36)26-11-16-48-31(26)37/h5-11,16-17,21,46H,12-15,18-20H2,1-4H3,(H,38,45). The molecule has 0 atom stereocenters. The number of nitrogens with one attached hydrogen (secondary N) is 1. The third kappa shape index (κ3) is 7.61. The van der Waals surface area contributed by atoms with E-state index in [1.165, 1.54) is 22.2 Å². The van der Waals surface area contributed by atoms with Crippen molar-refractivity contribution in [2.24, 2.45) is 7.05 Å². The van der Waals surface area contributed by atoms with Gasteiger partial charge in [0.25, 0.3) is 5.56 Å². The molecular weight excluding hydrogens is 671 g/mol. The summed E-state index contributed by atoms with van der Waals surface area (Å²) in [6.45, 7) is 7.88. The van der Waals surface area contributed by atoms with E-state index in [-0.39, 0.29) is 17.6 Å². The van der Waals surface area contributed by atoms with Crippen LogP contribution in [0.3, 0.4) is 0 Å². The quantitative estimate of drug-likeness (QED) is 0.181. The van der Waals surface area contributed by atoms with Crippen molar-refractivity contribution in [2.75, 3.05) is 13.1 Å². The van der Waals surface area contributed by atoms with Crippen molar-refractivity contribution in [3.05, 3.63) is 91.1 Å². The minimum Gasteiger partial charge on any atom is -0.444 e. The zero-order valence-electron chi connectivity index (χ0n) is 27.3. The fraction of sp³-hybridized carbons (Fsp3) is 0.371. The van der Waals surface area contributed by atoms with Crippen LogP contribution in [0.4, 0.5) is 4.79 Å². The van der Waals surface area contributed by atoms with Crippen LogP contribution in [0.1, 0.15) is 44.7 Å². The molecule has 48 heavy (non-hydrogen) atoms. The summed E-state index contributed by atoms with van der Waals surface area (Å²) in [7, 11) is 1.78. The van der Waals surface area contributed by atoms with Gasteiger partial charge in [0.2, 0.25) is 0 Å². The Morgan fingerprint density at radius 1 is 1.06 bits per heavy atom. The van der Waals surface area contributed by atoms with Gasteiger partial charge in [-0.1, -0.05) is 59.6 Å². The Morgan fingerprint density at radius 2 is 1.77 bits per heavy atom.